The highest BCUT2D eigenvalue weighted by Crippen LogP contribution is 2.25. The van der Waals surface area contributed by atoms with Crippen molar-refractivity contribution in [1.82, 2.24) is 15.6 Å². The molecule has 0 radical (unpaired) electrons. The topological polar surface area (TPSA) is 83.2 Å². The van der Waals surface area contributed by atoms with Crippen LogP contribution >= 0.6 is 0 Å². The third-order valence-corrected chi connectivity index (χ3v) is 5.09. The molecule has 0 bridgehead atoms. The van der Waals surface area contributed by atoms with Crippen molar-refractivity contribution in [2.24, 2.45) is 0 Å². The fourth-order valence-corrected chi connectivity index (χ4v) is 3.63. The third kappa shape index (κ3) is 3.69. The second kappa shape index (κ2) is 7.96. The number of carbonyl (C=O) groups excluding carboxylic acids is 1. The fourth-order valence-electron chi connectivity index (χ4n) is 3.63. The number of aromatic amines is 1. The number of aryl methyl sites for hydroxylation is 1. The number of benzene rings is 2. The zero-order chi connectivity index (χ0) is 19.5. The Hall–Kier alpha value is -2.96. The predicted molar refractivity (Wildman–Crippen MR) is 110 cm³/mol. The summed E-state index contributed by atoms with van der Waals surface area (Å²) >= 11 is 0. The number of nitrogens with one attached hydrogen (secondary N) is 3. The third-order valence-electron chi connectivity index (χ3n) is 5.09. The molecule has 1 aliphatic heterocycles. The molecule has 3 aromatic rings. The molecule has 0 aliphatic carbocycles. The van der Waals surface area contributed by atoms with Gasteiger partial charge in [-0.1, -0.05) is 30.3 Å². The van der Waals surface area contributed by atoms with Gasteiger partial charge in [-0.25, -0.2) is 0 Å². The van der Waals surface area contributed by atoms with Crippen LogP contribution in [0, 0.1) is 6.92 Å². The molecule has 6 nitrogen and oxygen atoms in total. The van der Waals surface area contributed by atoms with Crippen LogP contribution in [-0.4, -0.2) is 43.2 Å². The van der Waals surface area contributed by atoms with Gasteiger partial charge in [-0.3, -0.25) is 9.59 Å². The van der Waals surface area contributed by atoms with E-state index in [1.54, 1.807) is 18.2 Å². The highest BCUT2D eigenvalue weighted by Gasteiger charge is 2.16. The van der Waals surface area contributed by atoms with Crippen molar-refractivity contribution in [1.29, 1.82) is 0 Å². The number of pyridine rings is 1. The summed E-state index contributed by atoms with van der Waals surface area (Å²) in [5.41, 5.74) is 3.40. The van der Waals surface area contributed by atoms with E-state index in [1.165, 1.54) is 0 Å². The number of fused-ring (bicyclic) bond motifs is 1. The van der Waals surface area contributed by atoms with E-state index in [0.717, 1.165) is 35.1 Å². The lowest BCUT2D eigenvalue weighted by molar-refractivity contribution is 0.0287. The molecule has 1 aromatic heterocycles. The maximum Gasteiger partial charge on any atom is 0.256 e. The molecule has 1 atom stereocenters. The summed E-state index contributed by atoms with van der Waals surface area (Å²) in [7, 11) is 0. The quantitative estimate of drug-likeness (QED) is 0.651. The molecular weight excluding hydrogens is 354 g/mol. The van der Waals surface area contributed by atoms with E-state index in [4.69, 9.17) is 4.74 Å². The molecule has 6 heteroatoms. The van der Waals surface area contributed by atoms with Gasteiger partial charge in [0, 0.05) is 36.1 Å². The van der Waals surface area contributed by atoms with Gasteiger partial charge in [-0.05, 0) is 36.2 Å². The Morgan fingerprint density at radius 2 is 2.07 bits per heavy atom. The standard InChI is InChI=1S/C22H23N3O3/c1-14-18-7-2-3-8-19(18)25-22(27)20(14)15-5-4-6-16(11-15)21(26)24-13-17-12-23-9-10-28-17/h2-8,11,17,23H,9-10,12-13H2,1H3,(H,24,26)(H,25,27)/t17-/m1/s1. The van der Waals surface area contributed by atoms with E-state index in [0.29, 0.717) is 24.3 Å². The average Bonchev–Trinajstić information content (AvgIpc) is 2.73. The average molecular weight is 377 g/mol. The van der Waals surface area contributed by atoms with E-state index < -0.39 is 0 Å². The molecule has 1 saturated heterocycles. The smallest absolute Gasteiger partial charge is 0.256 e. The van der Waals surface area contributed by atoms with Gasteiger partial charge in [-0.2, -0.15) is 0 Å². The largest absolute Gasteiger partial charge is 0.374 e. The molecular formula is C22H23N3O3. The molecule has 28 heavy (non-hydrogen) atoms. The van der Waals surface area contributed by atoms with Gasteiger partial charge >= 0.3 is 0 Å². The number of para-hydroxylation sites is 1. The molecule has 2 aromatic carbocycles. The molecule has 0 saturated carbocycles. The Balaban J connectivity index is 1.61. The molecule has 2 heterocycles. The van der Waals surface area contributed by atoms with Gasteiger partial charge in [0.2, 0.25) is 0 Å². The Bertz CT molecular complexity index is 1070. The normalized spacial score (nSPS) is 16.8. The summed E-state index contributed by atoms with van der Waals surface area (Å²) in [6, 6.07) is 14.9. The van der Waals surface area contributed by atoms with Crippen LogP contribution in [0.3, 0.4) is 0 Å². The number of morpholine rings is 1. The maximum absolute atomic E-state index is 12.7. The highest BCUT2D eigenvalue weighted by molar-refractivity contribution is 5.96. The van der Waals surface area contributed by atoms with Gasteiger partial charge in [-0.15, -0.1) is 0 Å². The maximum atomic E-state index is 12.7. The lowest BCUT2D eigenvalue weighted by Gasteiger charge is -2.23. The van der Waals surface area contributed by atoms with Crippen molar-refractivity contribution in [3.05, 3.63) is 70.0 Å². The molecule has 4 rings (SSSR count). The van der Waals surface area contributed by atoms with Crippen LogP contribution in [0.5, 0.6) is 0 Å². The van der Waals surface area contributed by atoms with Crippen molar-refractivity contribution >= 4 is 16.8 Å². The van der Waals surface area contributed by atoms with E-state index >= 15 is 0 Å². The summed E-state index contributed by atoms with van der Waals surface area (Å²) in [6.07, 6.45) is -0.0218. The Morgan fingerprint density at radius 1 is 1.21 bits per heavy atom. The second-order valence-corrected chi connectivity index (χ2v) is 6.99. The minimum Gasteiger partial charge on any atom is -0.374 e. The second-order valence-electron chi connectivity index (χ2n) is 6.99. The molecule has 144 valence electrons. The zero-order valence-corrected chi connectivity index (χ0v) is 15.7. The summed E-state index contributed by atoms with van der Waals surface area (Å²) < 4.78 is 5.61. The van der Waals surface area contributed by atoms with Crippen molar-refractivity contribution in [3.8, 4) is 11.1 Å². The number of rotatable bonds is 4. The zero-order valence-electron chi connectivity index (χ0n) is 15.7. The highest BCUT2D eigenvalue weighted by atomic mass is 16.5. The van der Waals surface area contributed by atoms with Crippen molar-refractivity contribution in [2.75, 3.05) is 26.2 Å². The molecule has 1 amide bonds. The van der Waals surface area contributed by atoms with Crippen molar-refractivity contribution in [2.45, 2.75) is 13.0 Å². The number of amides is 1. The van der Waals surface area contributed by atoms with Gasteiger partial charge < -0.3 is 20.4 Å². The SMILES string of the molecule is Cc1c(-c2cccc(C(=O)NC[C@H]3CNCCO3)c2)c(=O)[nH]c2ccccc12. The number of ether oxygens (including phenoxy) is 1. The molecule has 0 unspecified atom stereocenters. The van der Waals surface area contributed by atoms with Gasteiger partial charge in [0.25, 0.3) is 11.5 Å². The lowest BCUT2D eigenvalue weighted by atomic mass is 9.97. The Labute approximate surface area is 162 Å². The first-order valence-corrected chi connectivity index (χ1v) is 9.46. The van der Waals surface area contributed by atoms with Gasteiger partial charge in [0.1, 0.15) is 0 Å². The first-order valence-electron chi connectivity index (χ1n) is 9.46. The summed E-state index contributed by atoms with van der Waals surface area (Å²) in [5.74, 6) is -0.175. The minimum absolute atomic E-state index is 0.0218. The van der Waals surface area contributed by atoms with E-state index in [-0.39, 0.29) is 17.6 Å². The first kappa shape index (κ1) is 18.4. The monoisotopic (exact) mass is 377 g/mol. The first-order chi connectivity index (χ1) is 13.6. The molecule has 1 fully saturated rings. The van der Waals surface area contributed by atoms with Gasteiger partial charge in [0.15, 0.2) is 0 Å². The van der Waals surface area contributed by atoms with Crippen LogP contribution in [0.15, 0.2) is 53.3 Å². The lowest BCUT2D eigenvalue weighted by Crippen LogP contribution is -2.45. The van der Waals surface area contributed by atoms with E-state index in [9.17, 15) is 9.59 Å². The van der Waals surface area contributed by atoms with Gasteiger partial charge in [0.05, 0.1) is 18.3 Å². The van der Waals surface area contributed by atoms with Crippen molar-refractivity contribution < 1.29 is 9.53 Å². The van der Waals surface area contributed by atoms with Crippen molar-refractivity contribution in [3.63, 3.8) is 0 Å². The molecule has 1 aliphatic rings. The minimum atomic E-state index is -0.175. The van der Waals surface area contributed by atoms with Crippen LogP contribution < -0.4 is 16.2 Å². The number of aromatic nitrogens is 1. The molecule has 0 spiro atoms. The predicted octanol–water partition coefficient (Wildman–Crippen LogP) is 2.22. The van der Waals surface area contributed by atoms with Crippen LogP contribution in [0.4, 0.5) is 0 Å². The van der Waals surface area contributed by atoms with Crippen LogP contribution in [-0.2, 0) is 4.74 Å². The Morgan fingerprint density at radius 3 is 2.89 bits per heavy atom. The van der Waals surface area contributed by atoms with Crippen LogP contribution in [0.2, 0.25) is 0 Å². The summed E-state index contributed by atoms with van der Waals surface area (Å²) in [5, 5.41) is 7.15. The fraction of sp³-hybridized carbons (Fsp3) is 0.273. The number of H-pyrrole nitrogens is 1. The number of hydrogen-bond acceptors (Lipinski definition) is 4. The summed E-state index contributed by atoms with van der Waals surface area (Å²) in [4.78, 5) is 28.2. The van der Waals surface area contributed by atoms with E-state index in [1.807, 2.05) is 37.3 Å². The van der Waals surface area contributed by atoms with Crippen LogP contribution in [0.1, 0.15) is 15.9 Å². The van der Waals surface area contributed by atoms with Crippen LogP contribution in [0.25, 0.3) is 22.0 Å². The summed E-state index contributed by atoms with van der Waals surface area (Å²) in [6.45, 7) is 4.61. The Kier molecular flexibility index (Phi) is 5.23. The number of hydrogen-bond donors (Lipinski definition) is 3. The number of carbonyl (C=O) groups is 1. The van der Waals surface area contributed by atoms with E-state index in [2.05, 4.69) is 15.6 Å². The molecule has 3 N–H and O–H groups in total.